The number of anilines is 1. The lowest BCUT2D eigenvalue weighted by atomic mass is 10.1. The van der Waals surface area contributed by atoms with Gasteiger partial charge in [-0.05, 0) is 36.9 Å². The van der Waals surface area contributed by atoms with Gasteiger partial charge in [0.05, 0.1) is 5.56 Å². The maximum Gasteiger partial charge on any atom is 0.258 e. The van der Waals surface area contributed by atoms with E-state index in [9.17, 15) is 18.0 Å². The highest BCUT2D eigenvalue weighted by Crippen LogP contribution is 2.18. The molecule has 1 saturated heterocycles. The second-order valence-electron chi connectivity index (χ2n) is 6.45. The first-order valence-corrected chi connectivity index (χ1v) is 8.39. The van der Waals surface area contributed by atoms with E-state index in [1.165, 1.54) is 0 Å². The predicted octanol–water partition coefficient (Wildman–Crippen LogP) is 3.10. The summed E-state index contributed by atoms with van der Waals surface area (Å²) in [5.41, 5.74) is 1.03. The summed E-state index contributed by atoms with van der Waals surface area (Å²) in [5, 5.41) is 2.49. The molecule has 0 atom stereocenters. The topological polar surface area (TPSA) is 35.6 Å². The van der Waals surface area contributed by atoms with Crippen LogP contribution in [0.15, 0.2) is 36.4 Å². The van der Waals surface area contributed by atoms with Crippen molar-refractivity contribution in [2.75, 3.05) is 38.5 Å². The van der Waals surface area contributed by atoms with E-state index in [0.717, 1.165) is 50.4 Å². The highest BCUT2D eigenvalue weighted by atomic mass is 19.2. The van der Waals surface area contributed by atoms with Crippen LogP contribution >= 0.6 is 0 Å². The summed E-state index contributed by atoms with van der Waals surface area (Å²) in [6.07, 6.45) is 0. The lowest BCUT2D eigenvalue weighted by Crippen LogP contribution is -2.43. The Morgan fingerprint density at radius 2 is 1.62 bits per heavy atom. The minimum absolute atomic E-state index is 0.460. The smallest absolute Gasteiger partial charge is 0.258 e. The van der Waals surface area contributed by atoms with Gasteiger partial charge in [-0.25, -0.2) is 13.2 Å². The largest absolute Gasteiger partial charge is 0.322 e. The van der Waals surface area contributed by atoms with Crippen molar-refractivity contribution >= 4 is 11.6 Å². The van der Waals surface area contributed by atoms with Crippen molar-refractivity contribution in [2.24, 2.45) is 0 Å². The van der Waals surface area contributed by atoms with Gasteiger partial charge in [-0.2, -0.15) is 0 Å². The molecule has 0 unspecified atom stereocenters. The molecule has 0 spiro atoms. The third-order valence-electron chi connectivity index (χ3n) is 4.49. The molecule has 0 bridgehead atoms. The number of hydrogen-bond donors (Lipinski definition) is 1. The van der Waals surface area contributed by atoms with Gasteiger partial charge < -0.3 is 10.2 Å². The summed E-state index contributed by atoms with van der Waals surface area (Å²) in [7, 11) is 2.10. The number of amides is 1. The molecule has 3 rings (SSSR count). The molecule has 4 nitrogen and oxygen atoms in total. The molecule has 0 aromatic heterocycles. The van der Waals surface area contributed by atoms with Crippen LogP contribution in [0, 0.1) is 17.5 Å². The van der Waals surface area contributed by atoms with Crippen molar-refractivity contribution in [3.63, 3.8) is 0 Å². The number of nitrogens with zero attached hydrogens (tertiary/aromatic N) is 2. The summed E-state index contributed by atoms with van der Waals surface area (Å²) in [6, 6.07) is 8.84. The number of halogens is 3. The van der Waals surface area contributed by atoms with Crippen LogP contribution in [-0.4, -0.2) is 48.9 Å². The lowest BCUT2D eigenvalue weighted by Gasteiger charge is -2.32. The van der Waals surface area contributed by atoms with Crippen LogP contribution in [0.25, 0.3) is 0 Å². The second-order valence-corrected chi connectivity index (χ2v) is 6.45. The zero-order chi connectivity index (χ0) is 18.7. The molecule has 2 aromatic rings. The number of nitrogens with one attached hydrogen (secondary N) is 1. The zero-order valence-corrected chi connectivity index (χ0v) is 14.4. The van der Waals surface area contributed by atoms with Crippen LogP contribution in [0.4, 0.5) is 18.9 Å². The Labute approximate surface area is 150 Å². The van der Waals surface area contributed by atoms with Gasteiger partial charge in [0.15, 0.2) is 17.5 Å². The number of likely N-dealkylation sites (N-methyl/N-ethyl adjacent to an activating group) is 1. The highest BCUT2D eigenvalue weighted by Gasteiger charge is 2.19. The maximum atomic E-state index is 13.7. The Hall–Kier alpha value is -2.38. The molecular formula is C19H20F3N3O. The van der Waals surface area contributed by atoms with Crippen LogP contribution in [-0.2, 0) is 6.54 Å². The van der Waals surface area contributed by atoms with E-state index in [0.29, 0.717) is 5.69 Å². The highest BCUT2D eigenvalue weighted by molar-refractivity contribution is 6.04. The Balaban J connectivity index is 1.62. The van der Waals surface area contributed by atoms with Crippen LogP contribution in [0.2, 0.25) is 0 Å². The second kappa shape index (κ2) is 7.88. The Kier molecular flexibility index (Phi) is 5.58. The number of hydrogen-bond acceptors (Lipinski definition) is 3. The molecule has 0 radical (unpaired) electrons. The SMILES string of the molecule is CN1CCN(Cc2ccc(NC(=O)c3ccc(F)c(F)c3F)cc2)CC1. The van der Waals surface area contributed by atoms with E-state index >= 15 is 0 Å². The van der Waals surface area contributed by atoms with Gasteiger partial charge in [0.25, 0.3) is 5.91 Å². The van der Waals surface area contributed by atoms with Crippen LogP contribution in [0.3, 0.4) is 0 Å². The minimum Gasteiger partial charge on any atom is -0.322 e. The minimum atomic E-state index is -1.65. The summed E-state index contributed by atoms with van der Waals surface area (Å²) in [6.45, 7) is 4.90. The van der Waals surface area contributed by atoms with Crippen LogP contribution in [0.5, 0.6) is 0 Å². The summed E-state index contributed by atoms with van der Waals surface area (Å²) in [5.74, 6) is -5.30. The maximum absolute atomic E-state index is 13.7. The van der Waals surface area contributed by atoms with Crippen molar-refractivity contribution in [3.8, 4) is 0 Å². The Morgan fingerprint density at radius 1 is 0.962 bits per heavy atom. The third kappa shape index (κ3) is 4.23. The summed E-state index contributed by atoms with van der Waals surface area (Å²) < 4.78 is 39.9. The van der Waals surface area contributed by atoms with E-state index in [1.807, 2.05) is 12.1 Å². The average Bonchev–Trinajstić information content (AvgIpc) is 2.63. The first-order valence-electron chi connectivity index (χ1n) is 8.39. The molecule has 7 heteroatoms. The van der Waals surface area contributed by atoms with Crippen molar-refractivity contribution in [1.29, 1.82) is 0 Å². The monoisotopic (exact) mass is 363 g/mol. The van der Waals surface area contributed by atoms with Crippen molar-refractivity contribution in [2.45, 2.75) is 6.54 Å². The molecule has 1 aliphatic rings. The number of benzene rings is 2. The fraction of sp³-hybridized carbons (Fsp3) is 0.316. The molecule has 1 aliphatic heterocycles. The van der Waals surface area contributed by atoms with Crippen molar-refractivity contribution in [1.82, 2.24) is 9.80 Å². The van der Waals surface area contributed by atoms with Crippen LogP contribution in [0.1, 0.15) is 15.9 Å². The summed E-state index contributed by atoms with van der Waals surface area (Å²) in [4.78, 5) is 16.7. The van der Waals surface area contributed by atoms with Gasteiger partial charge in [0, 0.05) is 38.4 Å². The predicted molar refractivity (Wildman–Crippen MR) is 93.5 cm³/mol. The van der Waals surface area contributed by atoms with Crippen molar-refractivity contribution in [3.05, 3.63) is 65.0 Å². The first-order chi connectivity index (χ1) is 12.4. The lowest BCUT2D eigenvalue weighted by molar-refractivity contribution is 0.102. The van der Waals surface area contributed by atoms with Gasteiger partial charge in [-0.3, -0.25) is 9.69 Å². The van der Waals surface area contributed by atoms with Gasteiger partial charge in [0.2, 0.25) is 0 Å². The number of carbonyl (C=O) groups is 1. The standard InChI is InChI=1S/C19H20F3N3O/c1-24-8-10-25(11-9-24)12-13-2-4-14(5-3-13)23-19(26)15-6-7-16(20)18(22)17(15)21/h2-7H,8-12H2,1H3,(H,23,26). The number of carbonyl (C=O) groups excluding carboxylic acids is 1. The first kappa shape index (κ1) is 18.4. The van der Waals surface area contributed by atoms with Crippen molar-refractivity contribution < 1.29 is 18.0 Å². The molecule has 2 aromatic carbocycles. The van der Waals surface area contributed by atoms with E-state index < -0.39 is 28.9 Å². The normalized spacial score (nSPS) is 15.8. The van der Waals surface area contributed by atoms with Gasteiger partial charge in [-0.15, -0.1) is 0 Å². The van der Waals surface area contributed by atoms with Gasteiger partial charge >= 0.3 is 0 Å². The fourth-order valence-electron chi connectivity index (χ4n) is 2.86. The molecule has 1 amide bonds. The van der Waals surface area contributed by atoms with E-state index in [1.54, 1.807) is 12.1 Å². The number of rotatable bonds is 4. The Morgan fingerprint density at radius 3 is 2.27 bits per heavy atom. The van der Waals surface area contributed by atoms with Gasteiger partial charge in [-0.1, -0.05) is 12.1 Å². The van der Waals surface area contributed by atoms with E-state index in [4.69, 9.17) is 0 Å². The molecule has 0 saturated carbocycles. The molecular weight excluding hydrogens is 343 g/mol. The quantitative estimate of drug-likeness (QED) is 0.848. The molecule has 138 valence electrons. The average molecular weight is 363 g/mol. The molecule has 1 N–H and O–H groups in total. The molecule has 1 fully saturated rings. The van der Waals surface area contributed by atoms with E-state index in [-0.39, 0.29) is 0 Å². The van der Waals surface area contributed by atoms with Gasteiger partial charge in [0.1, 0.15) is 0 Å². The van der Waals surface area contributed by atoms with E-state index in [2.05, 4.69) is 22.2 Å². The number of piperazine rings is 1. The Bertz CT molecular complexity index is 787. The zero-order valence-electron chi connectivity index (χ0n) is 14.4. The molecule has 1 heterocycles. The summed E-state index contributed by atoms with van der Waals surface area (Å²) >= 11 is 0. The molecule has 0 aliphatic carbocycles. The fourth-order valence-corrected chi connectivity index (χ4v) is 2.86. The third-order valence-corrected chi connectivity index (χ3v) is 4.49. The molecule has 26 heavy (non-hydrogen) atoms. The van der Waals surface area contributed by atoms with Crippen LogP contribution < -0.4 is 5.32 Å².